The molecule has 0 aliphatic rings. The van der Waals surface area contributed by atoms with E-state index in [1.807, 2.05) is 6.92 Å². The maximum atomic E-state index is 11.8. The first-order valence-electron chi connectivity index (χ1n) is 6.27. The number of rotatable bonds is 6. The van der Waals surface area contributed by atoms with Gasteiger partial charge in [0, 0.05) is 12.2 Å². The molecule has 5 nitrogen and oxygen atoms in total. The Morgan fingerprint density at radius 3 is 2.75 bits per heavy atom. The molecule has 1 rings (SSSR count). The molecular formula is C14H19NO4S. The fourth-order valence-corrected chi connectivity index (χ4v) is 2.53. The van der Waals surface area contributed by atoms with Crippen LogP contribution in [-0.4, -0.2) is 39.1 Å². The van der Waals surface area contributed by atoms with E-state index in [9.17, 15) is 8.42 Å². The first-order chi connectivity index (χ1) is 9.48. The van der Waals surface area contributed by atoms with E-state index in [-0.39, 0.29) is 19.0 Å². The second-order valence-electron chi connectivity index (χ2n) is 4.11. The molecule has 110 valence electrons. The number of aryl methyl sites for hydroxylation is 1. The van der Waals surface area contributed by atoms with Crippen LogP contribution in [0.3, 0.4) is 0 Å². The number of nitrogens with one attached hydrogen (secondary N) is 1. The fraction of sp³-hybridized carbons (Fsp3) is 0.429. The first kappa shape index (κ1) is 16.5. The van der Waals surface area contributed by atoms with Gasteiger partial charge in [-0.05, 0) is 37.6 Å². The molecule has 2 N–H and O–H groups in total. The van der Waals surface area contributed by atoms with Crippen molar-refractivity contribution < 1.29 is 18.3 Å². The highest BCUT2D eigenvalue weighted by atomic mass is 32.2. The summed E-state index contributed by atoms with van der Waals surface area (Å²) in [6.07, 6.45) is 0. The average molecular weight is 297 g/mol. The van der Waals surface area contributed by atoms with E-state index in [2.05, 4.69) is 16.6 Å². The van der Waals surface area contributed by atoms with Crippen molar-refractivity contribution in [3.8, 4) is 11.8 Å². The van der Waals surface area contributed by atoms with Crippen LogP contribution in [0.4, 0.5) is 5.69 Å². The van der Waals surface area contributed by atoms with Gasteiger partial charge in [-0.1, -0.05) is 11.8 Å². The van der Waals surface area contributed by atoms with Crippen molar-refractivity contribution in [3.05, 3.63) is 29.3 Å². The van der Waals surface area contributed by atoms with Crippen molar-refractivity contribution in [2.75, 3.05) is 30.3 Å². The summed E-state index contributed by atoms with van der Waals surface area (Å²) < 4.78 is 31.2. The van der Waals surface area contributed by atoms with Crippen LogP contribution in [0.5, 0.6) is 0 Å². The quantitative estimate of drug-likeness (QED) is 0.609. The van der Waals surface area contributed by atoms with Crippen LogP contribution in [0.1, 0.15) is 18.1 Å². The average Bonchev–Trinajstić information content (AvgIpc) is 2.39. The van der Waals surface area contributed by atoms with Crippen LogP contribution in [-0.2, 0) is 14.8 Å². The Hall–Kier alpha value is -1.55. The van der Waals surface area contributed by atoms with Gasteiger partial charge >= 0.3 is 0 Å². The lowest BCUT2D eigenvalue weighted by Crippen LogP contribution is -2.20. The highest BCUT2D eigenvalue weighted by Gasteiger charge is 2.11. The lowest BCUT2D eigenvalue weighted by atomic mass is 10.1. The molecule has 0 aliphatic carbocycles. The topological polar surface area (TPSA) is 75.6 Å². The zero-order valence-electron chi connectivity index (χ0n) is 11.6. The number of hydrogen-bond acceptors (Lipinski definition) is 4. The summed E-state index contributed by atoms with van der Waals surface area (Å²) in [5.41, 5.74) is 2.03. The molecule has 0 atom stereocenters. The standard InChI is InChI=1S/C14H19NO4S/c1-3-19-9-10-20(17,18)15-14-7-6-13(5-4-8-16)11-12(14)2/h6-7,11,15-16H,3,8-10H2,1-2H3. The van der Waals surface area contributed by atoms with Crippen LogP contribution in [0.25, 0.3) is 0 Å². The normalized spacial score (nSPS) is 10.8. The molecule has 0 spiro atoms. The van der Waals surface area contributed by atoms with Crippen molar-refractivity contribution in [2.24, 2.45) is 0 Å². The van der Waals surface area contributed by atoms with E-state index >= 15 is 0 Å². The van der Waals surface area contributed by atoms with Gasteiger partial charge in [0.1, 0.15) is 6.61 Å². The largest absolute Gasteiger partial charge is 0.384 e. The lowest BCUT2D eigenvalue weighted by Gasteiger charge is -2.10. The minimum Gasteiger partial charge on any atom is -0.384 e. The lowest BCUT2D eigenvalue weighted by molar-refractivity contribution is 0.163. The van der Waals surface area contributed by atoms with Crippen molar-refractivity contribution >= 4 is 15.7 Å². The molecule has 1 aromatic rings. The van der Waals surface area contributed by atoms with Gasteiger partial charge in [-0.2, -0.15) is 0 Å². The van der Waals surface area contributed by atoms with Gasteiger partial charge in [0.25, 0.3) is 0 Å². The van der Waals surface area contributed by atoms with E-state index in [4.69, 9.17) is 9.84 Å². The Kier molecular flexibility index (Phi) is 6.52. The fourth-order valence-electron chi connectivity index (χ4n) is 1.53. The smallest absolute Gasteiger partial charge is 0.235 e. The van der Waals surface area contributed by atoms with Gasteiger partial charge in [-0.25, -0.2) is 8.42 Å². The molecule has 6 heteroatoms. The third-order valence-electron chi connectivity index (χ3n) is 2.50. The summed E-state index contributed by atoms with van der Waals surface area (Å²) in [5, 5.41) is 8.63. The first-order valence-corrected chi connectivity index (χ1v) is 7.92. The predicted molar refractivity (Wildman–Crippen MR) is 79.0 cm³/mol. The van der Waals surface area contributed by atoms with Crippen LogP contribution in [0.2, 0.25) is 0 Å². The van der Waals surface area contributed by atoms with Gasteiger partial charge in [0.2, 0.25) is 10.0 Å². The Morgan fingerprint density at radius 2 is 2.15 bits per heavy atom. The maximum Gasteiger partial charge on any atom is 0.235 e. The molecule has 0 unspecified atom stereocenters. The highest BCUT2D eigenvalue weighted by molar-refractivity contribution is 7.92. The van der Waals surface area contributed by atoms with Gasteiger partial charge in [0.05, 0.1) is 18.0 Å². The summed E-state index contributed by atoms with van der Waals surface area (Å²) >= 11 is 0. The molecule has 0 radical (unpaired) electrons. The highest BCUT2D eigenvalue weighted by Crippen LogP contribution is 2.17. The third kappa shape index (κ3) is 5.61. The minimum atomic E-state index is -3.41. The van der Waals surface area contributed by atoms with Crippen LogP contribution >= 0.6 is 0 Å². The zero-order chi connectivity index (χ0) is 15.0. The number of benzene rings is 1. The summed E-state index contributed by atoms with van der Waals surface area (Å²) in [5.74, 6) is 5.24. The molecule has 0 saturated heterocycles. The number of aliphatic hydroxyl groups excluding tert-OH is 1. The minimum absolute atomic E-state index is 0.0770. The monoisotopic (exact) mass is 297 g/mol. The maximum absolute atomic E-state index is 11.8. The van der Waals surface area contributed by atoms with Gasteiger partial charge in [-0.15, -0.1) is 0 Å². The van der Waals surface area contributed by atoms with Crippen LogP contribution in [0.15, 0.2) is 18.2 Å². The van der Waals surface area contributed by atoms with Gasteiger partial charge in [-0.3, -0.25) is 4.72 Å². The van der Waals surface area contributed by atoms with Crippen molar-refractivity contribution in [2.45, 2.75) is 13.8 Å². The number of hydrogen-bond donors (Lipinski definition) is 2. The van der Waals surface area contributed by atoms with Crippen molar-refractivity contribution in [1.82, 2.24) is 0 Å². The third-order valence-corrected chi connectivity index (χ3v) is 3.74. The molecule has 0 fully saturated rings. The Labute approximate surface area is 120 Å². The van der Waals surface area contributed by atoms with Gasteiger partial charge < -0.3 is 9.84 Å². The zero-order valence-corrected chi connectivity index (χ0v) is 12.5. The molecule has 0 heterocycles. The Bertz CT molecular complexity index is 599. The number of sulfonamides is 1. The number of aliphatic hydroxyl groups is 1. The molecule has 0 bridgehead atoms. The summed E-state index contributed by atoms with van der Waals surface area (Å²) in [6.45, 7) is 4.07. The van der Waals surface area contributed by atoms with Gasteiger partial charge in [0.15, 0.2) is 0 Å². The molecule has 0 aromatic heterocycles. The van der Waals surface area contributed by atoms with E-state index < -0.39 is 10.0 Å². The van der Waals surface area contributed by atoms with Crippen LogP contribution < -0.4 is 4.72 Å². The van der Waals surface area contributed by atoms with Crippen LogP contribution in [0, 0.1) is 18.8 Å². The SMILES string of the molecule is CCOCCS(=O)(=O)Nc1ccc(C#CCO)cc1C. The Morgan fingerprint density at radius 1 is 1.40 bits per heavy atom. The molecule has 0 saturated carbocycles. The molecule has 1 aromatic carbocycles. The molecular weight excluding hydrogens is 278 g/mol. The van der Waals surface area contributed by atoms with E-state index in [1.165, 1.54) is 0 Å². The molecule has 0 aliphatic heterocycles. The summed E-state index contributed by atoms with van der Waals surface area (Å²) in [6, 6.07) is 5.13. The second kappa shape index (κ2) is 7.90. The molecule has 0 amide bonds. The number of ether oxygens (including phenoxy) is 1. The van der Waals surface area contributed by atoms with E-state index in [0.717, 1.165) is 11.1 Å². The summed E-state index contributed by atoms with van der Waals surface area (Å²) in [4.78, 5) is 0. The van der Waals surface area contributed by atoms with E-state index in [1.54, 1.807) is 25.1 Å². The predicted octanol–water partition coefficient (Wildman–Crippen LogP) is 1.12. The summed E-state index contributed by atoms with van der Waals surface area (Å²) in [7, 11) is -3.41. The Balaban J connectivity index is 2.78. The van der Waals surface area contributed by atoms with Crippen molar-refractivity contribution in [1.29, 1.82) is 0 Å². The second-order valence-corrected chi connectivity index (χ2v) is 5.95. The van der Waals surface area contributed by atoms with E-state index in [0.29, 0.717) is 12.3 Å². The number of anilines is 1. The molecule has 20 heavy (non-hydrogen) atoms. The van der Waals surface area contributed by atoms with Crippen molar-refractivity contribution in [3.63, 3.8) is 0 Å².